The van der Waals surface area contributed by atoms with Gasteiger partial charge < -0.3 is 5.32 Å². The van der Waals surface area contributed by atoms with E-state index in [2.05, 4.69) is 20.3 Å². The third-order valence-corrected chi connectivity index (χ3v) is 1.08. The summed E-state index contributed by atoms with van der Waals surface area (Å²) in [5, 5.41) is 9.45. The van der Waals surface area contributed by atoms with E-state index in [4.69, 9.17) is 0 Å². The van der Waals surface area contributed by atoms with E-state index in [1.807, 2.05) is 20.8 Å². The maximum absolute atomic E-state index is 11.2. The Morgan fingerprint density at radius 3 is 2.67 bits per heavy atom. The highest BCUT2D eigenvalue weighted by molar-refractivity contribution is 5.92. The number of hydrogen-bond donors (Lipinski definition) is 1. The van der Waals surface area contributed by atoms with Crippen molar-refractivity contribution in [2.24, 2.45) is 0 Å². The van der Waals surface area contributed by atoms with Crippen molar-refractivity contribution in [1.82, 2.24) is 15.6 Å². The molecule has 0 saturated heterocycles. The first-order chi connectivity index (χ1) is 5.49. The summed E-state index contributed by atoms with van der Waals surface area (Å²) < 4.78 is 4.29. The Morgan fingerprint density at radius 1 is 1.58 bits per heavy atom. The van der Waals surface area contributed by atoms with Crippen molar-refractivity contribution in [1.29, 1.82) is 0 Å². The van der Waals surface area contributed by atoms with Crippen LogP contribution in [0.5, 0.6) is 0 Å². The van der Waals surface area contributed by atoms with Gasteiger partial charge in [-0.2, -0.15) is 0 Å². The predicted molar refractivity (Wildman–Crippen MR) is 41.5 cm³/mol. The van der Waals surface area contributed by atoms with Crippen LogP contribution in [0, 0.1) is 0 Å². The van der Waals surface area contributed by atoms with E-state index in [1.54, 1.807) is 0 Å². The molecular formula is C7H11N3O2. The Morgan fingerprint density at radius 2 is 2.25 bits per heavy atom. The maximum atomic E-state index is 11.2. The van der Waals surface area contributed by atoms with Crippen molar-refractivity contribution in [2.75, 3.05) is 0 Å². The van der Waals surface area contributed by atoms with Gasteiger partial charge in [-0.25, -0.2) is 4.63 Å². The average Bonchev–Trinajstić information content (AvgIpc) is 2.32. The SMILES string of the molecule is CC(C)(C)NC(=O)c1cnon1. The number of carbonyl (C=O) groups is 1. The highest BCUT2D eigenvalue weighted by Gasteiger charge is 2.17. The van der Waals surface area contributed by atoms with Gasteiger partial charge >= 0.3 is 0 Å². The number of aromatic nitrogens is 2. The molecule has 0 aliphatic heterocycles. The third kappa shape index (κ3) is 2.34. The van der Waals surface area contributed by atoms with E-state index in [-0.39, 0.29) is 17.1 Å². The van der Waals surface area contributed by atoms with Gasteiger partial charge in [0.2, 0.25) is 0 Å². The number of carbonyl (C=O) groups excluding carboxylic acids is 1. The predicted octanol–water partition coefficient (Wildman–Crippen LogP) is 0.598. The normalized spacial score (nSPS) is 11.2. The van der Waals surface area contributed by atoms with E-state index < -0.39 is 0 Å². The molecule has 0 fully saturated rings. The lowest BCUT2D eigenvalue weighted by molar-refractivity contribution is 0.0909. The van der Waals surface area contributed by atoms with Crippen LogP contribution in [0.25, 0.3) is 0 Å². The van der Waals surface area contributed by atoms with Crippen LogP contribution < -0.4 is 5.32 Å². The van der Waals surface area contributed by atoms with Crippen molar-refractivity contribution in [2.45, 2.75) is 26.3 Å². The quantitative estimate of drug-likeness (QED) is 0.668. The lowest BCUT2D eigenvalue weighted by Gasteiger charge is -2.18. The minimum Gasteiger partial charge on any atom is -0.346 e. The smallest absolute Gasteiger partial charge is 0.275 e. The van der Waals surface area contributed by atoms with Gasteiger partial charge in [-0.15, -0.1) is 0 Å². The molecule has 0 atom stereocenters. The molecule has 1 N–H and O–H groups in total. The van der Waals surface area contributed by atoms with Gasteiger partial charge in [0.1, 0.15) is 6.20 Å². The van der Waals surface area contributed by atoms with Crippen LogP contribution in [0.15, 0.2) is 10.8 Å². The van der Waals surface area contributed by atoms with E-state index in [0.717, 1.165) is 0 Å². The molecular weight excluding hydrogens is 158 g/mol. The Balaban J connectivity index is 2.63. The van der Waals surface area contributed by atoms with Crippen LogP contribution in [0.3, 0.4) is 0 Å². The van der Waals surface area contributed by atoms with Gasteiger partial charge in [0, 0.05) is 5.54 Å². The molecule has 0 aromatic carbocycles. The zero-order valence-electron chi connectivity index (χ0n) is 7.29. The van der Waals surface area contributed by atoms with Crippen molar-refractivity contribution < 1.29 is 9.42 Å². The van der Waals surface area contributed by atoms with Crippen LogP contribution in [0.4, 0.5) is 0 Å². The minimum atomic E-state index is -0.274. The second-order valence-corrected chi connectivity index (χ2v) is 3.50. The Labute approximate surface area is 70.1 Å². The molecule has 0 aliphatic carbocycles. The van der Waals surface area contributed by atoms with Crippen LogP contribution in [0.2, 0.25) is 0 Å². The summed E-state index contributed by atoms with van der Waals surface area (Å²) in [5.74, 6) is -0.274. The van der Waals surface area contributed by atoms with E-state index >= 15 is 0 Å². The molecule has 1 aromatic rings. The molecule has 1 rings (SSSR count). The second-order valence-electron chi connectivity index (χ2n) is 3.50. The van der Waals surface area contributed by atoms with Crippen LogP contribution in [-0.4, -0.2) is 21.8 Å². The summed E-state index contributed by atoms with van der Waals surface area (Å²) in [6, 6.07) is 0. The van der Waals surface area contributed by atoms with Crippen LogP contribution >= 0.6 is 0 Å². The Hall–Kier alpha value is -1.39. The third-order valence-electron chi connectivity index (χ3n) is 1.08. The molecule has 0 radical (unpaired) electrons. The molecule has 1 heterocycles. The first-order valence-electron chi connectivity index (χ1n) is 3.59. The standard InChI is InChI=1S/C7H11N3O2/c1-7(2,3)9-6(11)5-4-8-12-10-5/h4H,1-3H3,(H,9,11). The molecule has 1 aromatic heterocycles. The van der Waals surface area contributed by atoms with Crippen LogP contribution in [0.1, 0.15) is 31.3 Å². The number of rotatable bonds is 1. The Kier molecular flexibility index (Phi) is 2.12. The summed E-state index contributed by atoms with van der Waals surface area (Å²) in [6.07, 6.45) is 1.28. The molecule has 0 unspecified atom stereocenters. The van der Waals surface area contributed by atoms with Gasteiger partial charge in [0.05, 0.1) is 0 Å². The molecule has 0 saturated carbocycles. The first-order valence-corrected chi connectivity index (χ1v) is 3.59. The molecule has 0 aliphatic rings. The zero-order valence-corrected chi connectivity index (χ0v) is 7.29. The van der Waals surface area contributed by atoms with E-state index in [1.165, 1.54) is 6.20 Å². The number of nitrogens with one attached hydrogen (secondary N) is 1. The highest BCUT2D eigenvalue weighted by atomic mass is 16.6. The Bertz CT molecular complexity index is 261. The fraction of sp³-hybridized carbons (Fsp3) is 0.571. The number of nitrogens with zero attached hydrogens (tertiary/aromatic N) is 2. The molecule has 66 valence electrons. The largest absolute Gasteiger partial charge is 0.346 e. The van der Waals surface area contributed by atoms with Crippen molar-refractivity contribution >= 4 is 5.91 Å². The van der Waals surface area contributed by atoms with E-state index in [0.29, 0.717) is 0 Å². The van der Waals surface area contributed by atoms with Crippen LogP contribution in [-0.2, 0) is 0 Å². The van der Waals surface area contributed by atoms with Gasteiger partial charge in [-0.05, 0) is 25.9 Å². The fourth-order valence-corrected chi connectivity index (χ4v) is 0.669. The molecule has 0 spiro atoms. The molecule has 0 bridgehead atoms. The summed E-state index contributed by atoms with van der Waals surface area (Å²) in [7, 11) is 0. The van der Waals surface area contributed by atoms with Gasteiger partial charge in [0.15, 0.2) is 5.69 Å². The summed E-state index contributed by atoms with van der Waals surface area (Å²) in [5.41, 5.74) is -0.0688. The van der Waals surface area contributed by atoms with Crippen molar-refractivity contribution in [3.05, 3.63) is 11.9 Å². The molecule has 5 nitrogen and oxygen atoms in total. The summed E-state index contributed by atoms with van der Waals surface area (Å²) in [6.45, 7) is 5.66. The molecule has 5 heteroatoms. The van der Waals surface area contributed by atoms with Crippen molar-refractivity contribution in [3.8, 4) is 0 Å². The second kappa shape index (κ2) is 2.92. The topological polar surface area (TPSA) is 68.0 Å². The van der Waals surface area contributed by atoms with E-state index in [9.17, 15) is 4.79 Å². The zero-order chi connectivity index (χ0) is 9.19. The highest BCUT2D eigenvalue weighted by Crippen LogP contribution is 2.01. The molecule has 1 amide bonds. The maximum Gasteiger partial charge on any atom is 0.275 e. The number of amides is 1. The van der Waals surface area contributed by atoms with Gasteiger partial charge in [0.25, 0.3) is 5.91 Å². The molecule has 12 heavy (non-hydrogen) atoms. The number of hydrogen-bond acceptors (Lipinski definition) is 4. The first kappa shape index (κ1) is 8.70. The van der Waals surface area contributed by atoms with Crippen molar-refractivity contribution in [3.63, 3.8) is 0 Å². The monoisotopic (exact) mass is 169 g/mol. The lowest BCUT2D eigenvalue weighted by Crippen LogP contribution is -2.40. The van der Waals surface area contributed by atoms with Gasteiger partial charge in [-0.1, -0.05) is 5.16 Å². The average molecular weight is 169 g/mol. The van der Waals surface area contributed by atoms with Gasteiger partial charge in [-0.3, -0.25) is 4.79 Å². The summed E-state index contributed by atoms with van der Waals surface area (Å²) in [4.78, 5) is 11.2. The summed E-state index contributed by atoms with van der Waals surface area (Å²) >= 11 is 0. The lowest BCUT2D eigenvalue weighted by atomic mass is 10.1. The minimum absolute atomic E-state index is 0.199. The fourth-order valence-electron chi connectivity index (χ4n) is 0.669.